The zero-order valence-electron chi connectivity index (χ0n) is 13.2. The molecule has 0 N–H and O–H groups in total. The minimum atomic E-state index is -0.519. The molecular formula is C18H19NO4. The molecule has 120 valence electrons. The summed E-state index contributed by atoms with van der Waals surface area (Å²) in [6.45, 7) is 3.86. The van der Waals surface area contributed by atoms with Crippen LogP contribution in [0.2, 0.25) is 0 Å². The van der Waals surface area contributed by atoms with Gasteiger partial charge in [0, 0.05) is 24.0 Å². The van der Waals surface area contributed by atoms with Crippen molar-refractivity contribution in [2.45, 2.75) is 20.3 Å². The Labute approximate surface area is 135 Å². The lowest BCUT2D eigenvalue weighted by Gasteiger charge is -2.09. The lowest BCUT2D eigenvalue weighted by Crippen LogP contribution is -2.09. The van der Waals surface area contributed by atoms with E-state index in [1.165, 1.54) is 12.1 Å². The maximum atomic E-state index is 12.0. The number of nitrogens with zero attached hydrogens (tertiary/aromatic N) is 1. The quantitative estimate of drug-likeness (QED) is 0.439. The third-order valence-electron chi connectivity index (χ3n) is 3.46. The van der Waals surface area contributed by atoms with E-state index in [1.807, 2.05) is 30.3 Å². The molecule has 2 aromatic carbocycles. The molecule has 0 heterocycles. The minimum Gasteiger partial charge on any atom is -0.486 e. The highest BCUT2D eigenvalue weighted by Crippen LogP contribution is 2.29. The SMILES string of the molecule is CC(C)C(=O)c1ccc(OCCc2ccccc2)c([N+](=O)[O-])c1. The van der Waals surface area contributed by atoms with Crippen LogP contribution < -0.4 is 4.74 Å². The topological polar surface area (TPSA) is 69.4 Å². The number of hydrogen-bond donors (Lipinski definition) is 0. The Kier molecular flexibility index (Phi) is 5.46. The maximum Gasteiger partial charge on any atom is 0.311 e. The van der Waals surface area contributed by atoms with Gasteiger partial charge in [0.15, 0.2) is 11.5 Å². The summed E-state index contributed by atoms with van der Waals surface area (Å²) in [7, 11) is 0. The van der Waals surface area contributed by atoms with Gasteiger partial charge in [-0.3, -0.25) is 14.9 Å². The van der Waals surface area contributed by atoms with E-state index >= 15 is 0 Å². The smallest absolute Gasteiger partial charge is 0.311 e. The fraction of sp³-hybridized carbons (Fsp3) is 0.278. The standard InChI is InChI=1S/C18H19NO4/c1-13(2)18(20)15-8-9-17(16(12-15)19(21)22)23-11-10-14-6-4-3-5-7-14/h3-9,12-13H,10-11H2,1-2H3. The van der Waals surface area contributed by atoms with Gasteiger partial charge in [0.1, 0.15) is 0 Å². The average Bonchev–Trinajstić information content (AvgIpc) is 2.55. The summed E-state index contributed by atoms with van der Waals surface area (Å²) in [6.07, 6.45) is 0.657. The first-order chi connectivity index (χ1) is 11.0. The van der Waals surface area contributed by atoms with Crippen molar-refractivity contribution in [1.29, 1.82) is 0 Å². The molecule has 0 unspecified atom stereocenters. The maximum absolute atomic E-state index is 12.0. The number of hydrogen-bond acceptors (Lipinski definition) is 4. The normalized spacial score (nSPS) is 10.6. The first-order valence-electron chi connectivity index (χ1n) is 7.48. The van der Waals surface area contributed by atoms with Crippen LogP contribution in [0.3, 0.4) is 0 Å². The summed E-state index contributed by atoms with van der Waals surface area (Å²) >= 11 is 0. The van der Waals surface area contributed by atoms with Crippen molar-refractivity contribution < 1.29 is 14.5 Å². The molecule has 23 heavy (non-hydrogen) atoms. The largest absolute Gasteiger partial charge is 0.486 e. The number of nitro groups is 1. The Hall–Kier alpha value is -2.69. The Morgan fingerprint density at radius 2 is 1.87 bits per heavy atom. The van der Waals surface area contributed by atoms with E-state index in [9.17, 15) is 14.9 Å². The number of rotatable bonds is 7. The Bertz CT molecular complexity index is 695. The number of nitro benzene ring substituents is 1. The number of Topliss-reactive ketones (excluding diaryl/α,β-unsaturated/α-hetero) is 1. The third kappa shape index (κ3) is 4.39. The summed E-state index contributed by atoms with van der Waals surface area (Å²) in [5.41, 5.74) is 1.26. The van der Waals surface area contributed by atoms with Gasteiger partial charge in [-0.25, -0.2) is 0 Å². The van der Waals surface area contributed by atoms with Gasteiger partial charge in [-0.1, -0.05) is 44.2 Å². The molecule has 0 aliphatic carbocycles. The van der Waals surface area contributed by atoms with E-state index in [0.717, 1.165) is 5.56 Å². The molecule has 0 radical (unpaired) electrons. The molecule has 0 aliphatic heterocycles. The fourth-order valence-electron chi connectivity index (χ4n) is 2.19. The van der Waals surface area contributed by atoms with Gasteiger partial charge in [-0.05, 0) is 17.7 Å². The highest BCUT2D eigenvalue weighted by molar-refractivity contribution is 5.98. The Morgan fingerprint density at radius 1 is 1.17 bits per heavy atom. The van der Waals surface area contributed by atoms with Crippen LogP contribution in [0.25, 0.3) is 0 Å². The molecule has 5 heteroatoms. The average molecular weight is 313 g/mol. The Balaban J connectivity index is 2.12. The van der Waals surface area contributed by atoms with Crippen molar-refractivity contribution in [2.24, 2.45) is 5.92 Å². The van der Waals surface area contributed by atoms with Crippen molar-refractivity contribution in [3.63, 3.8) is 0 Å². The zero-order valence-corrected chi connectivity index (χ0v) is 13.2. The molecule has 2 rings (SSSR count). The molecule has 0 aliphatic rings. The fourth-order valence-corrected chi connectivity index (χ4v) is 2.19. The number of ketones is 1. The molecule has 5 nitrogen and oxygen atoms in total. The lowest BCUT2D eigenvalue weighted by atomic mass is 10.0. The second-order valence-corrected chi connectivity index (χ2v) is 5.54. The molecule has 0 spiro atoms. The van der Waals surface area contributed by atoms with E-state index in [4.69, 9.17) is 4.74 Å². The van der Waals surface area contributed by atoms with Crippen molar-refractivity contribution >= 4 is 11.5 Å². The molecular weight excluding hydrogens is 294 g/mol. The predicted octanol–water partition coefficient (Wildman–Crippen LogP) is 4.06. The molecule has 0 bridgehead atoms. The van der Waals surface area contributed by atoms with Crippen molar-refractivity contribution in [3.8, 4) is 5.75 Å². The second kappa shape index (κ2) is 7.54. The molecule has 0 saturated heterocycles. The molecule has 2 aromatic rings. The number of carbonyl (C=O) groups is 1. The first kappa shape index (κ1) is 16.7. The highest BCUT2D eigenvalue weighted by atomic mass is 16.6. The molecule has 0 atom stereocenters. The predicted molar refractivity (Wildman–Crippen MR) is 87.9 cm³/mol. The van der Waals surface area contributed by atoms with Crippen LogP contribution in [-0.4, -0.2) is 17.3 Å². The number of carbonyl (C=O) groups excluding carboxylic acids is 1. The molecule has 0 saturated carbocycles. The molecule has 0 amide bonds. The van der Waals surface area contributed by atoms with Crippen molar-refractivity contribution in [1.82, 2.24) is 0 Å². The van der Waals surface area contributed by atoms with Gasteiger partial charge in [0.25, 0.3) is 0 Å². The summed E-state index contributed by atoms with van der Waals surface area (Å²) < 4.78 is 5.54. The monoisotopic (exact) mass is 313 g/mol. The summed E-state index contributed by atoms with van der Waals surface area (Å²) in [4.78, 5) is 22.7. The third-order valence-corrected chi connectivity index (χ3v) is 3.46. The number of ether oxygens (including phenoxy) is 1. The van der Waals surface area contributed by atoms with E-state index in [1.54, 1.807) is 19.9 Å². The van der Waals surface area contributed by atoms with Gasteiger partial charge in [-0.15, -0.1) is 0 Å². The molecule has 0 fully saturated rings. The molecule has 0 aromatic heterocycles. The summed E-state index contributed by atoms with van der Waals surface area (Å²) in [5, 5.41) is 11.2. The summed E-state index contributed by atoms with van der Waals surface area (Å²) in [5.74, 6) is -0.144. The van der Waals surface area contributed by atoms with Gasteiger partial charge in [0.2, 0.25) is 0 Å². The lowest BCUT2D eigenvalue weighted by molar-refractivity contribution is -0.385. The van der Waals surface area contributed by atoms with Gasteiger partial charge < -0.3 is 4.74 Å². The number of benzene rings is 2. The second-order valence-electron chi connectivity index (χ2n) is 5.54. The first-order valence-corrected chi connectivity index (χ1v) is 7.48. The van der Waals surface area contributed by atoms with E-state index < -0.39 is 4.92 Å². The van der Waals surface area contributed by atoms with Gasteiger partial charge in [0.05, 0.1) is 11.5 Å². The van der Waals surface area contributed by atoms with Crippen LogP contribution in [0.4, 0.5) is 5.69 Å². The van der Waals surface area contributed by atoms with Crippen LogP contribution in [0.5, 0.6) is 5.75 Å². The van der Waals surface area contributed by atoms with Gasteiger partial charge in [-0.2, -0.15) is 0 Å². The van der Waals surface area contributed by atoms with Gasteiger partial charge >= 0.3 is 5.69 Å². The van der Waals surface area contributed by atoms with E-state index in [0.29, 0.717) is 18.6 Å². The highest BCUT2D eigenvalue weighted by Gasteiger charge is 2.20. The van der Waals surface area contributed by atoms with Crippen molar-refractivity contribution in [3.05, 3.63) is 69.8 Å². The summed E-state index contributed by atoms with van der Waals surface area (Å²) in [6, 6.07) is 14.1. The van der Waals surface area contributed by atoms with Crippen LogP contribution in [0, 0.1) is 16.0 Å². The van der Waals surface area contributed by atoms with E-state index in [-0.39, 0.29) is 23.1 Å². The van der Waals surface area contributed by atoms with Crippen LogP contribution in [0.1, 0.15) is 29.8 Å². The van der Waals surface area contributed by atoms with Crippen LogP contribution in [-0.2, 0) is 6.42 Å². The van der Waals surface area contributed by atoms with Crippen molar-refractivity contribution in [2.75, 3.05) is 6.61 Å². The van der Waals surface area contributed by atoms with E-state index in [2.05, 4.69) is 0 Å². The zero-order chi connectivity index (χ0) is 16.8. The van der Waals surface area contributed by atoms with Crippen LogP contribution >= 0.6 is 0 Å². The minimum absolute atomic E-state index is 0.121. The Morgan fingerprint density at radius 3 is 2.48 bits per heavy atom. The van der Waals surface area contributed by atoms with Crippen LogP contribution in [0.15, 0.2) is 48.5 Å².